The van der Waals surface area contributed by atoms with E-state index in [2.05, 4.69) is 27.2 Å². The summed E-state index contributed by atoms with van der Waals surface area (Å²) in [5.74, 6) is -2.11. The van der Waals surface area contributed by atoms with E-state index in [0.717, 1.165) is 88.2 Å². The molecule has 1 amide bonds. The van der Waals surface area contributed by atoms with Crippen LogP contribution in [0.5, 0.6) is 0 Å². The van der Waals surface area contributed by atoms with E-state index in [0.29, 0.717) is 0 Å². The highest BCUT2D eigenvalue weighted by Crippen LogP contribution is 2.37. The largest absolute Gasteiger partial charge is 0.373 e. The average Bonchev–Trinajstić information content (AvgIpc) is 4.06. The second-order valence-electron chi connectivity index (χ2n) is 16.1. The molecule has 0 radical (unpaired) electrons. The van der Waals surface area contributed by atoms with E-state index >= 15 is 0 Å². The van der Waals surface area contributed by atoms with Crippen molar-refractivity contribution in [2.24, 2.45) is 14.1 Å². The first-order chi connectivity index (χ1) is 29.1. The minimum Gasteiger partial charge on any atom is -0.333 e. The number of benzene rings is 2. The molecule has 61 heavy (non-hydrogen) atoms. The van der Waals surface area contributed by atoms with Gasteiger partial charge in [-0.25, -0.2) is 23.4 Å². The molecule has 2 heterocycles. The number of Topliss-reactive ketones (excluding diaryl/α,β-unsaturated/α-hetero) is 2. The van der Waals surface area contributed by atoms with Crippen LogP contribution in [0.15, 0.2) is 40.5 Å². The van der Waals surface area contributed by atoms with Crippen molar-refractivity contribution < 1.29 is 40.8 Å². The predicted octanol–water partition coefficient (Wildman–Crippen LogP) is 3.37. The second-order valence-corrected chi connectivity index (χ2v) is 20.0. The van der Waals surface area contributed by atoms with Gasteiger partial charge < -0.3 is 9.74 Å². The molecule has 4 aliphatic rings. The minimum absolute atomic E-state index is 0.0214. The molecule has 0 N–H and O–H groups in total. The monoisotopic (exact) mass is 870 g/mol. The fourth-order valence-corrected chi connectivity index (χ4v) is 11.6. The van der Waals surface area contributed by atoms with Gasteiger partial charge in [-0.15, -0.1) is 0 Å². The standard InChI is InChI=1S/C24H28N4O4S.C19H22N2O3S.CO2/c1-25-10-11-27(2)24(30)22-14-23(26-28(22)3)33(31,32)15-18(29)13-21-19-8-4-6-16(19)12-17-7-5-9-20(17)21;1-21-9-8-19(20-21)25(23,24)12-15(22)11-18-16-6-2-4-13(16)10-14-5-3-7-17(14)18;2-1-3/h12,14H,4-11,13,15H2,2-3H3;8-10H,2-7,11-12H2,1H3;. The number of sulfone groups is 2. The Balaban J connectivity index is 0.000000198. The number of likely N-dealkylation sites (N-methyl/N-ethyl adjacent to an activating group) is 1. The lowest BCUT2D eigenvalue weighted by molar-refractivity contribution is -0.191. The van der Waals surface area contributed by atoms with Gasteiger partial charge in [0, 0.05) is 46.2 Å². The molecule has 0 saturated heterocycles. The van der Waals surface area contributed by atoms with Gasteiger partial charge in [-0.05, 0) is 139 Å². The van der Waals surface area contributed by atoms with Gasteiger partial charge in [0.05, 0.1) is 6.54 Å². The molecule has 17 heteroatoms. The maximum atomic E-state index is 13.0. The molecule has 0 aliphatic heterocycles. The van der Waals surface area contributed by atoms with Crippen molar-refractivity contribution in [2.75, 3.05) is 31.6 Å². The number of fused-ring (bicyclic) bond motifs is 4. The summed E-state index contributed by atoms with van der Waals surface area (Å²) in [5, 5.41) is 7.65. The molecule has 4 aromatic rings. The fourth-order valence-electron chi connectivity index (χ4n) is 9.21. The summed E-state index contributed by atoms with van der Waals surface area (Å²) in [7, 11) is -2.95. The highest BCUT2D eigenvalue weighted by molar-refractivity contribution is 7.92. The summed E-state index contributed by atoms with van der Waals surface area (Å²) >= 11 is 0. The number of amides is 1. The molecular formula is C44H50N6O9S2. The van der Waals surface area contributed by atoms with Gasteiger partial charge in [-0.1, -0.05) is 12.1 Å². The zero-order chi connectivity index (χ0) is 44.1. The Morgan fingerprint density at radius 2 is 1.13 bits per heavy atom. The summed E-state index contributed by atoms with van der Waals surface area (Å²) in [6.45, 7) is 7.25. The molecule has 0 fully saturated rings. The van der Waals surface area contributed by atoms with E-state index in [1.807, 2.05) is 0 Å². The number of nitrogens with zero attached hydrogens (tertiary/aromatic N) is 6. The zero-order valence-corrected chi connectivity index (χ0v) is 36.4. The van der Waals surface area contributed by atoms with Gasteiger partial charge in [0.25, 0.3) is 5.91 Å². The van der Waals surface area contributed by atoms with Gasteiger partial charge in [0.2, 0.25) is 26.2 Å². The molecule has 0 atom stereocenters. The molecule has 8 rings (SSSR count). The molecule has 4 aliphatic carbocycles. The Morgan fingerprint density at radius 3 is 1.52 bits per heavy atom. The van der Waals surface area contributed by atoms with Crippen LogP contribution in [0.3, 0.4) is 0 Å². The third-order valence-electron chi connectivity index (χ3n) is 11.9. The van der Waals surface area contributed by atoms with Gasteiger partial charge in [0.15, 0.2) is 21.6 Å². The van der Waals surface area contributed by atoms with Crippen LogP contribution in [0.4, 0.5) is 0 Å². The first-order valence-electron chi connectivity index (χ1n) is 20.5. The van der Waals surface area contributed by atoms with E-state index in [4.69, 9.17) is 16.2 Å². The Bertz CT molecular complexity index is 2620. The Kier molecular flexibility index (Phi) is 14.0. The van der Waals surface area contributed by atoms with Crippen molar-refractivity contribution >= 4 is 43.3 Å². The smallest absolute Gasteiger partial charge is 0.333 e. The number of hydrogen-bond acceptors (Lipinski definition) is 11. The van der Waals surface area contributed by atoms with Crippen LogP contribution in [0, 0.1) is 6.57 Å². The van der Waals surface area contributed by atoms with E-state index in [1.165, 1.54) is 78.0 Å². The molecule has 0 saturated carbocycles. The minimum atomic E-state index is -3.99. The Morgan fingerprint density at radius 1 is 0.705 bits per heavy atom. The van der Waals surface area contributed by atoms with Crippen molar-refractivity contribution in [3.05, 3.63) is 103 Å². The van der Waals surface area contributed by atoms with Gasteiger partial charge >= 0.3 is 6.15 Å². The maximum absolute atomic E-state index is 13.0. The zero-order valence-electron chi connectivity index (χ0n) is 34.8. The average molecular weight is 871 g/mol. The summed E-state index contributed by atoms with van der Waals surface area (Å²) in [5.41, 5.74) is 12.8. The summed E-state index contributed by atoms with van der Waals surface area (Å²) < 4.78 is 53.4. The van der Waals surface area contributed by atoms with Gasteiger partial charge in [-0.2, -0.15) is 19.8 Å². The summed E-state index contributed by atoms with van der Waals surface area (Å²) in [6, 6.07) is 7.28. The lowest BCUT2D eigenvalue weighted by Gasteiger charge is -2.14. The first kappa shape index (κ1) is 45.0. The van der Waals surface area contributed by atoms with E-state index < -0.39 is 37.1 Å². The van der Waals surface area contributed by atoms with Crippen LogP contribution < -0.4 is 0 Å². The van der Waals surface area contributed by atoms with Crippen LogP contribution in [0.2, 0.25) is 0 Å². The van der Waals surface area contributed by atoms with Crippen molar-refractivity contribution in [3.8, 4) is 0 Å². The lowest BCUT2D eigenvalue weighted by Crippen LogP contribution is -2.30. The highest BCUT2D eigenvalue weighted by atomic mass is 32.2. The van der Waals surface area contributed by atoms with Gasteiger partial charge in [-0.3, -0.25) is 23.7 Å². The number of aromatic nitrogens is 4. The summed E-state index contributed by atoms with van der Waals surface area (Å²) in [4.78, 5) is 59.0. The molecular weight excluding hydrogens is 821 g/mol. The number of carbonyl (C=O) groups excluding carboxylic acids is 5. The third-order valence-corrected chi connectivity index (χ3v) is 15.0. The highest BCUT2D eigenvalue weighted by Gasteiger charge is 2.31. The number of carbonyl (C=O) groups is 3. The van der Waals surface area contributed by atoms with Crippen molar-refractivity contribution in [1.29, 1.82) is 0 Å². The first-order valence-corrected chi connectivity index (χ1v) is 23.8. The van der Waals surface area contributed by atoms with Gasteiger partial charge in [0.1, 0.15) is 17.2 Å². The predicted molar refractivity (Wildman–Crippen MR) is 222 cm³/mol. The number of rotatable bonds is 13. The number of hydrogen-bond donors (Lipinski definition) is 0. The quantitative estimate of drug-likeness (QED) is 0.179. The molecule has 2 aromatic carbocycles. The molecule has 0 unspecified atom stereocenters. The Labute approximate surface area is 356 Å². The fraction of sp³-hybridized carbons (Fsp3) is 0.477. The SMILES string of the molecule is Cn1ccc(S(=O)(=O)CC(=O)Cc2c3c(cc4c2CCC4)CCC3)n1.O=C=O.[C-]#[N+]CCN(C)C(=O)c1cc(S(=O)(=O)CC(=O)Cc2c3c(cc4c2CCC4)CCC3)nn1C. The summed E-state index contributed by atoms with van der Waals surface area (Å²) in [6.07, 6.45) is 14.7. The van der Waals surface area contributed by atoms with Crippen LogP contribution >= 0.6 is 0 Å². The topological polar surface area (TPSA) is 197 Å². The number of aryl methyl sites for hydroxylation is 6. The molecule has 2 aromatic heterocycles. The molecule has 0 spiro atoms. The molecule has 0 bridgehead atoms. The van der Waals surface area contributed by atoms with Crippen LogP contribution in [0.1, 0.15) is 91.8 Å². The molecule has 15 nitrogen and oxygen atoms in total. The van der Waals surface area contributed by atoms with Crippen molar-refractivity contribution in [2.45, 2.75) is 99.9 Å². The normalized spacial score (nSPS) is 14.6. The van der Waals surface area contributed by atoms with E-state index in [9.17, 15) is 31.2 Å². The van der Waals surface area contributed by atoms with Crippen molar-refractivity contribution in [1.82, 2.24) is 24.5 Å². The lowest BCUT2D eigenvalue weighted by atomic mass is 9.91. The van der Waals surface area contributed by atoms with Crippen LogP contribution in [-0.4, -0.2) is 96.6 Å². The Hall–Kier alpha value is -5.56. The van der Waals surface area contributed by atoms with Crippen LogP contribution in [-0.2, 0) is 117 Å². The third kappa shape index (κ3) is 10.2. The van der Waals surface area contributed by atoms with Crippen molar-refractivity contribution in [3.63, 3.8) is 0 Å². The number of ketones is 2. The maximum Gasteiger partial charge on any atom is 0.373 e. The molecule has 322 valence electrons. The van der Waals surface area contributed by atoms with E-state index in [1.54, 1.807) is 20.3 Å². The second kappa shape index (κ2) is 19.0. The van der Waals surface area contributed by atoms with Crippen LogP contribution in [0.25, 0.3) is 4.85 Å². The van der Waals surface area contributed by atoms with E-state index in [-0.39, 0.29) is 59.4 Å².